The predicted octanol–water partition coefficient (Wildman–Crippen LogP) is 4.15. The van der Waals surface area contributed by atoms with Crippen LogP contribution in [0.25, 0.3) is 11.1 Å². The molecular weight excluding hydrogens is 326 g/mol. The summed E-state index contributed by atoms with van der Waals surface area (Å²) in [4.78, 5) is 24.1. The number of benzene rings is 3. The molecule has 0 aliphatic rings. The van der Waals surface area contributed by atoms with E-state index in [4.69, 9.17) is 5.73 Å². The van der Waals surface area contributed by atoms with Crippen molar-refractivity contribution < 1.29 is 14.3 Å². The highest BCUT2D eigenvalue weighted by Gasteiger charge is 2.13. The van der Waals surface area contributed by atoms with Crippen LogP contribution in [0.1, 0.15) is 26.3 Å². The molecule has 0 bridgehead atoms. The van der Waals surface area contributed by atoms with Crippen molar-refractivity contribution in [2.45, 2.75) is 6.42 Å². The van der Waals surface area contributed by atoms with E-state index in [0.29, 0.717) is 5.56 Å². The Balaban J connectivity index is 1.74. The number of carbonyl (C=O) groups is 2. The number of ether oxygens (including phenoxy) is 1. The number of hydrogen-bond donors (Lipinski definition) is 1. The SMILES string of the molecule is COC(=O)c1ccc(C(=O)Cc2ccc(-c3ccccc3)cc2)cc1N. The van der Waals surface area contributed by atoms with Gasteiger partial charge in [-0.2, -0.15) is 0 Å². The van der Waals surface area contributed by atoms with Crippen molar-refractivity contribution in [1.29, 1.82) is 0 Å². The minimum atomic E-state index is -0.516. The van der Waals surface area contributed by atoms with Crippen molar-refractivity contribution in [2.75, 3.05) is 12.8 Å². The highest BCUT2D eigenvalue weighted by molar-refractivity contribution is 6.01. The third-order valence-corrected chi connectivity index (χ3v) is 4.20. The second-order valence-corrected chi connectivity index (χ2v) is 5.96. The maximum atomic E-state index is 12.5. The lowest BCUT2D eigenvalue weighted by Crippen LogP contribution is -2.09. The summed E-state index contributed by atoms with van der Waals surface area (Å²) in [7, 11) is 1.29. The van der Waals surface area contributed by atoms with Crippen LogP contribution in [-0.2, 0) is 11.2 Å². The molecule has 0 heterocycles. The van der Waals surface area contributed by atoms with Gasteiger partial charge in [0, 0.05) is 17.7 Å². The van der Waals surface area contributed by atoms with Crippen LogP contribution in [0.5, 0.6) is 0 Å². The minimum Gasteiger partial charge on any atom is -0.465 e. The Hall–Kier alpha value is -3.40. The number of nitrogens with two attached hydrogens (primary N) is 1. The largest absolute Gasteiger partial charge is 0.465 e. The molecule has 0 radical (unpaired) electrons. The van der Waals surface area contributed by atoms with Gasteiger partial charge >= 0.3 is 5.97 Å². The average molecular weight is 345 g/mol. The maximum absolute atomic E-state index is 12.5. The van der Waals surface area contributed by atoms with Crippen molar-refractivity contribution in [3.05, 3.63) is 89.5 Å². The van der Waals surface area contributed by atoms with E-state index in [2.05, 4.69) is 4.74 Å². The van der Waals surface area contributed by atoms with E-state index < -0.39 is 5.97 Å². The van der Waals surface area contributed by atoms with E-state index in [9.17, 15) is 9.59 Å². The van der Waals surface area contributed by atoms with Gasteiger partial charge in [0.05, 0.1) is 12.7 Å². The van der Waals surface area contributed by atoms with E-state index in [-0.39, 0.29) is 23.5 Å². The molecule has 4 nitrogen and oxygen atoms in total. The lowest BCUT2D eigenvalue weighted by Gasteiger charge is -2.07. The van der Waals surface area contributed by atoms with Crippen LogP contribution in [0.2, 0.25) is 0 Å². The second-order valence-electron chi connectivity index (χ2n) is 5.96. The zero-order valence-corrected chi connectivity index (χ0v) is 14.4. The Morgan fingerprint density at radius 1 is 0.885 bits per heavy atom. The Bertz CT molecular complexity index is 931. The Labute approximate surface area is 152 Å². The first-order valence-electron chi connectivity index (χ1n) is 8.24. The van der Waals surface area contributed by atoms with Crippen molar-refractivity contribution >= 4 is 17.4 Å². The molecular formula is C22H19NO3. The third-order valence-electron chi connectivity index (χ3n) is 4.20. The van der Waals surface area contributed by atoms with Crippen LogP contribution in [0.15, 0.2) is 72.8 Å². The summed E-state index contributed by atoms with van der Waals surface area (Å²) in [6.45, 7) is 0. The van der Waals surface area contributed by atoms with Gasteiger partial charge in [-0.15, -0.1) is 0 Å². The molecule has 0 unspecified atom stereocenters. The van der Waals surface area contributed by atoms with E-state index in [1.165, 1.54) is 19.2 Å². The van der Waals surface area contributed by atoms with Crippen LogP contribution in [0.4, 0.5) is 5.69 Å². The summed E-state index contributed by atoms with van der Waals surface area (Å²) in [6.07, 6.45) is 0.270. The number of anilines is 1. The minimum absolute atomic E-state index is 0.0550. The molecule has 0 aliphatic carbocycles. The molecule has 2 N–H and O–H groups in total. The van der Waals surface area contributed by atoms with Gasteiger partial charge < -0.3 is 10.5 Å². The third kappa shape index (κ3) is 3.81. The fraction of sp³-hybridized carbons (Fsp3) is 0.0909. The monoisotopic (exact) mass is 345 g/mol. The van der Waals surface area contributed by atoms with Crippen molar-refractivity contribution in [2.24, 2.45) is 0 Å². The zero-order valence-electron chi connectivity index (χ0n) is 14.4. The van der Waals surface area contributed by atoms with Crippen LogP contribution in [-0.4, -0.2) is 18.9 Å². The fourth-order valence-corrected chi connectivity index (χ4v) is 2.77. The number of nitrogen functional groups attached to an aromatic ring is 1. The van der Waals surface area contributed by atoms with Gasteiger partial charge in [-0.3, -0.25) is 4.79 Å². The van der Waals surface area contributed by atoms with E-state index in [1.807, 2.05) is 54.6 Å². The lowest BCUT2D eigenvalue weighted by molar-refractivity contribution is 0.0601. The summed E-state index contributed by atoms with van der Waals surface area (Å²) < 4.78 is 4.66. The van der Waals surface area contributed by atoms with Crippen LogP contribution in [0, 0.1) is 0 Å². The maximum Gasteiger partial charge on any atom is 0.339 e. The first-order valence-corrected chi connectivity index (χ1v) is 8.24. The molecule has 130 valence electrons. The van der Waals surface area contributed by atoms with Gasteiger partial charge in [-0.25, -0.2) is 4.79 Å². The highest BCUT2D eigenvalue weighted by atomic mass is 16.5. The van der Waals surface area contributed by atoms with Crippen LogP contribution in [0.3, 0.4) is 0 Å². The molecule has 0 aromatic heterocycles. The molecule has 26 heavy (non-hydrogen) atoms. The molecule has 0 saturated heterocycles. The first kappa shape index (κ1) is 17.4. The molecule has 0 atom stereocenters. The molecule has 4 heteroatoms. The smallest absolute Gasteiger partial charge is 0.339 e. The van der Waals surface area contributed by atoms with Crippen LogP contribution < -0.4 is 5.73 Å². The molecule has 3 aromatic rings. The Kier molecular flexibility index (Phi) is 5.13. The number of carbonyl (C=O) groups excluding carboxylic acids is 2. The van der Waals surface area contributed by atoms with Gasteiger partial charge in [-0.1, -0.05) is 60.7 Å². The van der Waals surface area contributed by atoms with Gasteiger partial charge in [0.1, 0.15) is 0 Å². The van der Waals surface area contributed by atoms with Gasteiger partial charge in [0.2, 0.25) is 0 Å². The summed E-state index contributed by atoms with van der Waals surface area (Å²) in [5.41, 5.74) is 10.00. The first-order chi connectivity index (χ1) is 12.6. The van der Waals surface area contributed by atoms with Gasteiger partial charge in [0.15, 0.2) is 5.78 Å². The van der Waals surface area contributed by atoms with Crippen molar-refractivity contribution in [1.82, 2.24) is 0 Å². The normalized spacial score (nSPS) is 10.3. The lowest BCUT2D eigenvalue weighted by atomic mass is 9.98. The standard InChI is InChI=1S/C22H19NO3/c1-26-22(25)19-12-11-18(14-20(19)23)21(24)13-15-7-9-17(10-8-15)16-5-3-2-4-6-16/h2-12,14H,13,23H2,1H3. The van der Waals surface area contributed by atoms with Gasteiger partial charge in [-0.05, 0) is 28.8 Å². The van der Waals surface area contributed by atoms with Gasteiger partial charge in [0.25, 0.3) is 0 Å². The topological polar surface area (TPSA) is 69.4 Å². The van der Waals surface area contributed by atoms with Crippen molar-refractivity contribution in [3.63, 3.8) is 0 Å². The Morgan fingerprint density at radius 2 is 1.54 bits per heavy atom. The number of methoxy groups -OCH3 is 1. The number of ketones is 1. The molecule has 0 amide bonds. The molecule has 0 saturated carbocycles. The van der Waals surface area contributed by atoms with Crippen LogP contribution >= 0.6 is 0 Å². The molecule has 0 fully saturated rings. The van der Waals surface area contributed by atoms with Crippen molar-refractivity contribution in [3.8, 4) is 11.1 Å². The van der Waals surface area contributed by atoms with E-state index >= 15 is 0 Å². The summed E-state index contributed by atoms with van der Waals surface area (Å²) in [5.74, 6) is -0.571. The summed E-state index contributed by atoms with van der Waals surface area (Å²) in [5, 5.41) is 0. The number of rotatable bonds is 5. The predicted molar refractivity (Wildman–Crippen MR) is 102 cm³/mol. The summed E-state index contributed by atoms with van der Waals surface area (Å²) >= 11 is 0. The molecule has 3 aromatic carbocycles. The summed E-state index contributed by atoms with van der Waals surface area (Å²) in [6, 6.07) is 22.6. The number of hydrogen-bond acceptors (Lipinski definition) is 4. The number of esters is 1. The number of Topliss-reactive ketones (excluding diaryl/α,β-unsaturated/α-hetero) is 1. The quantitative estimate of drug-likeness (QED) is 0.428. The highest BCUT2D eigenvalue weighted by Crippen LogP contribution is 2.21. The zero-order chi connectivity index (χ0) is 18.5. The molecule has 0 spiro atoms. The molecule has 0 aliphatic heterocycles. The molecule has 3 rings (SSSR count). The fourth-order valence-electron chi connectivity index (χ4n) is 2.77. The second kappa shape index (κ2) is 7.66. The van der Waals surface area contributed by atoms with E-state index in [0.717, 1.165) is 16.7 Å². The Morgan fingerprint density at radius 3 is 2.15 bits per heavy atom. The van der Waals surface area contributed by atoms with E-state index in [1.54, 1.807) is 6.07 Å². The average Bonchev–Trinajstić information content (AvgIpc) is 2.68.